The molecular formula is C22H17Cl2I2N3O2. The maximum atomic E-state index is 12.0. The molecule has 0 spiro atoms. The third-order valence-corrected chi connectivity index (χ3v) is 6.37. The minimum atomic E-state index is -0.408. The lowest BCUT2D eigenvalue weighted by Crippen LogP contribution is -2.24. The van der Waals surface area contributed by atoms with E-state index < -0.39 is 6.03 Å². The second-order valence-corrected chi connectivity index (χ2v) is 9.65. The molecule has 3 rings (SSSR count). The number of urea groups is 1. The number of nitrogens with one attached hydrogen (secondary N) is 2. The van der Waals surface area contributed by atoms with E-state index in [-0.39, 0.29) is 0 Å². The van der Waals surface area contributed by atoms with Crippen molar-refractivity contribution in [2.45, 2.75) is 13.5 Å². The van der Waals surface area contributed by atoms with Gasteiger partial charge in [0.05, 0.1) is 13.4 Å². The van der Waals surface area contributed by atoms with Crippen molar-refractivity contribution in [3.05, 3.63) is 88.5 Å². The number of benzene rings is 3. The number of rotatable bonds is 6. The fourth-order valence-electron chi connectivity index (χ4n) is 2.61. The molecular weight excluding hydrogens is 663 g/mol. The molecule has 0 aromatic heterocycles. The summed E-state index contributed by atoms with van der Waals surface area (Å²) in [4.78, 5) is 12.0. The molecule has 0 saturated carbocycles. The molecule has 9 heteroatoms. The maximum Gasteiger partial charge on any atom is 0.339 e. The number of carbonyl (C=O) groups is 1. The second kappa shape index (κ2) is 11.3. The van der Waals surface area contributed by atoms with Gasteiger partial charge in [-0.15, -0.1) is 0 Å². The van der Waals surface area contributed by atoms with Crippen molar-refractivity contribution in [3.8, 4) is 5.75 Å². The van der Waals surface area contributed by atoms with Gasteiger partial charge in [0.1, 0.15) is 12.4 Å². The number of aryl methyl sites for hydroxylation is 1. The van der Waals surface area contributed by atoms with E-state index in [9.17, 15) is 4.79 Å². The van der Waals surface area contributed by atoms with Crippen LogP contribution >= 0.6 is 68.4 Å². The summed E-state index contributed by atoms with van der Waals surface area (Å²) in [5.41, 5.74) is 5.88. The minimum Gasteiger partial charge on any atom is -0.487 e. The Bertz CT molecular complexity index is 1120. The van der Waals surface area contributed by atoms with Gasteiger partial charge in [0, 0.05) is 21.3 Å². The normalized spacial score (nSPS) is 10.9. The number of amides is 2. The van der Waals surface area contributed by atoms with Crippen molar-refractivity contribution < 1.29 is 9.53 Å². The van der Waals surface area contributed by atoms with Gasteiger partial charge in [-0.2, -0.15) is 5.10 Å². The number of para-hydroxylation sites is 1. The Kier molecular flexibility index (Phi) is 8.82. The summed E-state index contributed by atoms with van der Waals surface area (Å²) in [5.74, 6) is 0.759. The predicted octanol–water partition coefficient (Wildman–Crippen LogP) is 7.25. The summed E-state index contributed by atoms with van der Waals surface area (Å²) in [7, 11) is 0. The Hall–Kier alpha value is -1.56. The number of hydrogen-bond acceptors (Lipinski definition) is 3. The van der Waals surface area contributed by atoms with Crippen molar-refractivity contribution in [1.29, 1.82) is 0 Å². The van der Waals surface area contributed by atoms with Crippen LogP contribution in [0.15, 0.2) is 59.7 Å². The van der Waals surface area contributed by atoms with Crippen LogP contribution in [0, 0.1) is 14.1 Å². The molecule has 0 heterocycles. The van der Waals surface area contributed by atoms with Crippen LogP contribution in [0.4, 0.5) is 10.5 Å². The van der Waals surface area contributed by atoms with E-state index in [0.717, 1.165) is 35.3 Å². The van der Waals surface area contributed by atoms with E-state index in [4.69, 9.17) is 27.9 Å². The number of ether oxygens (including phenoxy) is 1. The van der Waals surface area contributed by atoms with Crippen LogP contribution in [-0.4, -0.2) is 12.2 Å². The first-order valence-corrected chi connectivity index (χ1v) is 12.0. The Morgan fingerprint density at radius 1 is 1.10 bits per heavy atom. The molecule has 0 bridgehead atoms. The number of nitrogens with zero attached hydrogens (tertiary/aromatic N) is 1. The predicted molar refractivity (Wildman–Crippen MR) is 144 cm³/mol. The van der Waals surface area contributed by atoms with E-state index >= 15 is 0 Å². The van der Waals surface area contributed by atoms with Crippen LogP contribution in [0.1, 0.15) is 16.7 Å². The quantitative estimate of drug-likeness (QED) is 0.164. The third-order valence-electron chi connectivity index (χ3n) is 4.18. The molecule has 3 aromatic rings. The van der Waals surface area contributed by atoms with E-state index in [1.54, 1.807) is 18.3 Å². The molecule has 0 saturated heterocycles. The molecule has 0 radical (unpaired) electrons. The first-order chi connectivity index (χ1) is 14.8. The van der Waals surface area contributed by atoms with Gasteiger partial charge in [-0.25, -0.2) is 10.2 Å². The Balaban J connectivity index is 1.61. The molecule has 3 aromatic carbocycles. The van der Waals surface area contributed by atoms with Gasteiger partial charge in [0.2, 0.25) is 0 Å². The Labute approximate surface area is 217 Å². The molecule has 2 N–H and O–H groups in total. The van der Waals surface area contributed by atoms with Crippen molar-refractivity contribution in [2.24, 2.45) is 5.10 Å². The molecule has 160 valence electrons. The van der Waals surface area contributed by atoms with Crippen LogP contribution in [0.2, 0.25) is 10.0 Å². The average Bonchev–Trinajstić information content (AvgIpc) is 2.70. The van der Waals surface area contributed by atoms with E-state index in [1.807, 2.05) is 49.4 Å². The summed E-state index contributed by atoms with van der Waals surface area (Å²) in [5, 5.41) is 7.94. The maximum absolute atomic E-state index is 12.0. The summed E-state index contributed by atoms with van der Waals surface area (Å²) >= 11 is 16.6. The monoisotopic (exact) mass is 679 g/mol. The smallest absolute Gasteiger partial charge is 0.339 e. The van der Waals surface area contributed by atoms with Crippen LogP contribution in [-0.2, 0) is 6.61 Å². The van der Waals surface area contributed by atoms with Gasteiger partial charge in [0.25, 0.3) is 0 Å². The Morgan fingerprint density at radius 3 is 2.48 bits per heavy atom. The number of hydrogen-bond donors (Lipinski definition) is 2. The van der Waals surface area contributed by atoms with Crippen molar-refractivity contribution in [1.82, 2.24) is 5.43 Å². The fourth-order valence-corrected chi connectivity index (χ4v) is 5.20. The van der Waals surface area contributed by atoms with Crippen LogP contribution < -0.4 is 15.5 Å². The molecule has 0 unspecified atom stereocenters. The summed E-state index contributed by atoms with van der Waals surface area (Å²) in [6.07, 6.45) is 1.58. The molecule has 0 aliphatic rings. The van der Waals surface area contributed by atoms with Crippen molar-refractivity contribution in [3.63, 3.8) is 0 Å². The van der Waals surface area contributed by atoms with E-state index in [0.29, 0.717) is 16.7 Å². The molecule has 0 aliphatic heterocycles. The van der Waals surface area contributed by atoms with Crippen molar-refractivity contribution in [2.75, 3.05) is 5.32 Å². The lowest BCUT2D eigenvalue weighted by molar-refractivity contribution is 0.252. The molecule has 0 atom stereocenters. The number of carbonyl (C=O) groups excluding carboxylic acids is 1. The zero-order valence-corrected chi connectivity index (χ0v) is 22.1. The minimum absolute atomic E-state index is 0.329. The lowest BCUT2D eigenvalue weighted by Gasteiger charge is -2.12. The third kappa shape index (κ3) is 6.96. The van der Waals surface area contributed by atoms with E-state index in [1.165, 1.54) is 0 Å². The van der Waals surface area contributed by atoms with Crippen LogP contribution in [0.25, 0.3) is 0 Å². The highest BCUT2D eigenvalue weighted by Crippen LogP contribution is 2.30. The van der Waals surface area contributed by atoms with Crippen molar-refractivity contribution >= 4 is 86.3 Å². The van der Waals surface area contributed by atoms with Crippen LogP contribution in [0.5, 0.6) is 5.75 Å². The summed E-state index contributed by atoms with van der Waals surface area (Å²) in [6, 6.07) is 16.3. The lowest BCUT2D eigenvalue weighted by atomic mass is 10.2. The van der Waals surface area contributed by atoms with Gasteiger partial charge in [-0.1, -0.05) is 47.5 Å². The summed E-state index contributed by atoms with van der Waals surface area (Å²) < 4.78 is 7.82. The number of hydrazone groups is 1. The Morgan fingerprint density at radius 2 is 1.81 bits per heavy atom. The summed E-state index contributed by atoms with van der Waals surface area (Å²) in [6.45, 7) is 2.25. The van der Waals surface area contributed by atoms with Crippen LogP contribution in [0.3, 0.4) is 0 Å². The van der Waals surface area contributed by atoms with Gasteiger partial charge < -0.3 is 10.1 Å². The highest BCUT2D eigenvalue weighted by atomic mass is 127. The second-order valence-electron chi connectivity index (χ2n) is 6.48. The highest BCUT2D eigenvalue weighted by molar-refractivity contribution is 14.1. The largest absolute Gasteiger partial charge is 0.487 e. The van der Waals surface area contributed by atoms with Gasteiger partial charge in [-0.3, -0.25) is 0 Å². The fraction of sp³-hybridized carbons (Fsp3) is 0.0909. The molecule has 5 nitrogen and oxygen atoms in total. The molecule has 0 aliphatic carbocycles. The van der Waals surface area contributed by atoms with Gasteiger partial charge in [-0.05, 0) is 93.6 Å². The number of halogens is 4. The SMILES string of the molecule is Cc1ccccc1NC(=O)NN=Cc1cc(I)c(OCc2ccc(Cl)cc2Cl)c(I)c1. The first-order valence-electron chi connectivity index (χ1n) is 9.05. The number of anilines is 1. The van der Waals surface area contributed by atoms with Gasteiger partial charge in [0.15, 0.2) is 0 Å². The molecule has 31 heavy (non-hydrogen) atoms. The van der Waals surface area contributed by atoms with E-state index in [2.05, 4.69) is 61.0 Å². The molecule has 0 fully saturated rings. The van der Waals surface area contributed by atoms with Gasteiger partial charge >= 0.3 is 6.03 Å². The molecule has 2 amide bonds. The average molecular weight is 680 g/mol. The highest BCUT2D eigenvalue weighted by Gasteiger charge is 2.10. The topological polar surface area (TPSA) is 62.7 Å². The zero-order valence-electron chi connectivity index (χ0n) is 16.3. The standard InChI is InChI=1S/C22H17Cl2I2N3O2/c1-13-4-2-3-5-20(13)28-22(30)29-27-11-14-8-18(25)21(19(26)9-14)31-12-15-6-7-16(23)10-17(15)24/h2-11H,12H2,1H3,(H2,28,29,30). The first kappa shape index (κ1) is 24.1. The zero-order chi connectivity index (χ0) is 22.4.